The maximum Gasteiger partial charge on any atom is 0.363 e. The first-order valence-corrected chi connectivity index (χ1v) is 5.88. The Hall–Kier alpha value is -2.50. The fourth-order valence-corrected chi connectivity index (χ4v) is 1.83. The zero-order valence-electron chi connectivity index (χ0n) is 11.7. The number of hydrogen-bond donors (Lipinski definition) is 0. The minimum Gasteiger partial charge on any atom is -0.496 e. The van der Waals surface area contributed by atoms with Gasteiger partial charge in [0.1, 0.15) is 5.75 Å². The summed E-state index contributed by atoms with van der Waals surface area (Å²) in [5.74, 6) is 1.45. The molecule has 1 aromatic carbocycles. The van der Waals surface area contributed by atoms with Crippen molar-refractivity contribution >= 4 is 17.9 Å². The van der Waals surface area contributed by atoms with Gasteiger partial charge in [-0.3, -0.25) is 0 Å². The second-order valence-electron chi connectivity index (χ2n) is 4.00. The van der Waals surface area contributed by atoms with Gasteiger partial charge in [0, 0.05) is 18.6 Å². The highest BCUT2D eigenvalue weighted by Crippen LogP contribution is 2.36. The lowest BCUT2D eigenvalue weighted by molar-refractivity contribution is -0.130. The average Bonchev–Trinajstić information content (AvgIpc) is 2.76. The van der Waals surface area contributed by atoms with Crippen molar-refractivity contribution in [1.29, 1.82) is 0 Å². The number of rotatable bonds is 4. The summed E-state index contributed by atoms with van der Waals surface area (Å²) in [5, 5.41) is 0. The van der Waals surface area contributed by atoms with Gasteiger partial charge < -0.3 is 18.9 Å². The van der Waals surface area contributed by atoms with Crippen LogP contribution in [0.3, 0.4) is 0 Å². The minimum absolute atomic E-state index is 0.216. The van der Waals surface area contributed by atoms with Gasteiger partial charge in [-0.1, -0.05) is 0 Å². The third-order valence-electron chi connectivity index (χ3n) is 2.76. The molecule has 0 saturated carbocycles. The smallest absolute Gasteiger partial charge is 0.363 e. The van der Waals surface area contributed by atoms with E-state index in [0.717, 1.165) is 0 Å². The van der Waals surface area contributed by atoms with E-state index in [0.29, 0.717) is 28.7 Å². The molecule has 6 heteroatoms. The van der Waals surface area contributed by atoms with Crippen LogP contribution in [0.2, 0.25) is 0 Å². The lowest BCUT2D eigenvalue weighted by Crippen LogP contribution is -2.00. The maximum atomic E-state index is 11.6. The summed E-state index contributed by atoms with van der Waals surface area (Å²) in [4.78, 5) is 15.6. The Morgan fingerprint density at radius 2 is 1.65 bits per heavy atom. The molecule has 1 aliphatic heterocycles. The summed E-state index contributed by atoms with van der Waals surface area (Å²) in [5.41, 5.74) is 0.864. The fraction of sp³-hybridized carbons (Fsp3) is 0.286. The zero-order chi connectivity index (χ0) is 14.7. The van der Waals surface area contributed by atoms with Gasteiger partial charge in [0.15, 0.2) is 23.1 Å². The number of carbonyl (C=O) groups is 1. The molecule has 20 heavy (non-hydrogen) atoms. The molecule has 0 bridgehead atoms. The van der Waals surface area contributed by atoms with Gasteiger partial charge in [-0.25, -0.2) is 9.79 Å². The van der Waals surface area contributed by atoms with E-state index in [9.17, 15) is 4.79 Å². The fourth-order valence-electron chi connectivity index (χ4n) is 1.83. The number of esters is 1. The molecule has 0 aromatic heterocycles. The van der Waals surface area contributed by atoms with Crippen LogP contribution in [0.1, 0.15) is 12.5 Å². The molecule has 1 aromatic rings. The van der Waals surface area contributed by atoms with E-state index in [2.05, 4.69) is 4.99 Å². The molecule has 0 radical (unpaired) electrons. The summed E-state index contributed by atoms with van der Waals surface area (Å²) in [6.45, 7) is 1.62. The maximum absolute atomic E-state index is 11.6. The lowest BCUT2D eigenvalue weighted by Gasteiger charge is -2.12. The van der Waals surface area contributed by atoms with Crippen LogP contribution in [0, 0.1) is 0 Å². The number of ether oxygens (including phenoxy) is 4. The van der Waals surface area contributed by atoms with Crippen LogP contribution in [0.15, 0.2) is 22.8 Å². The van der Waals surface area contributed by atoms with Gasteiger partial charge in [-0.2, -0.15) is 0 Å². The third-order valence-corrected chi connectivity index (χ3v) is 2.76. The van der Waals surface area contributed by atoms with E-state index in [1.54, 1.807) is 25.1 Å². The number of nitrogens with zero attached hydrogens (tertiary/aromatic N) is 1. The molecular weight excluding hydrogens is 262 g/mol. The van der Waals surface area contributed by atoms with Crippen LogP contribution >= 0.6 is 0 Å². The highest BCUT2D eigenvalue weighted by Gasteiger charge is 2.21. The number of methoxy groups -OCH3 is 3. The number of cyclic esters (lactones) is 1. The molecule has 1 heterocycles. The molecule has 6 nitrogen and oxygen atoms in total. The summed E-state index contributed by atoms with van der Waals surface area (Å²) in [7, 11) is 4.61. The molecule has 0 fully saturated rings. The SMILES string of the molecule is COc1cc(OC)c(OC)cc1/C=C1\N=C(C)OC1=O. The Balaban J connectivity index is 2.51. The van der Waals surface area contributed by atoms with Crippen LogP contribution in [-0.4, -0.2) is 33.2 Å². The lowest BCUT2D eigenvalue weighted by atomic mass is 10.1. The summed E-state index contributed by atoms with van der Waals surface area (Å²) in [6, 6.07) is 3.39. The van der Waals surface area contributed by atoms with E-state index in [1.165, 1.54) is 21.3 Å². The van der Waals surface area contributed by atoms with Crippen molar-refractivity contribution in [1.82, 2.24) is 0 Å². The highest BCUT2D eigenvalue weighted by molar-refractivity contribution is 6.06. The molecule has 0 aliphatic carbocycles. The molecule has 1 aliphatic rings. The molecule has 2 rings (SSSR count). The first-order chi connectivity index (χ1) is 9.58. The molecule has 106 valence electrons. The number of aliphatic imine (C=N–C) groups is 1. The first kappa shape index (κ1) is 13.9. The van der Waals surface area contributed by atoms with Gasteiger partial charge in [0.25, 0.3) is 0 Å². The predicted octanol–water partition coefficient (Wildman–Crippen LogP) is 2.03. The van der Waals surface area contributed by atoms with Crippen molar-refractivity contribution in [3.63, 3.8) is 0 Å². The molecule has 0 saturated heterocycles. The van der Waals surface area contributed by atoms with Crippen LogP contribution in [0.25, 0.3) is 6.08 Å². The van der Waals surface area contributed by atoms with Crippen molar-refractivity contribution in [3.05, 3.63) is 23.4 Å². The van der Waals surface area contributed by atoms with Crippen molar-refractivity contribution in [3.8, 4) is 17.2 Å². The van der Waals surface area contributed by atoms with E-state index in [-0.39, 0.29) is 5.70 Å². The van der Waals surface area contributed by atoms with Gasteiger partial charge in [0.05, 0.1) is 21.3 Å². The molecule has 0 N–H and O–H groups in total. The van der Waals surface area contributed by atoms with Crippen molar-refractivity contribution in [2.24, 2.45) is 4.99 Å². The van der Waals surface area contributed by atoms with E-state index in [1.807, 2.05) is 0 Å². The predicted molar refractivity (Wildman–Crippen MR) is 73.3 cm³/mol. The van der Waals surface area contributed by atoms with E-state index >= 15 is 0 Å². The normalized spacial score (nSPS) is 15.9. The minimum atomic E-state index is -0.487. The Morgan fingerprint density at radius 1 is 1.05 bits per heavy atom. The summed E-state index contributed by atoms with van der Waals surface area (Å²) >= 11 is 0. The van der Waals surface area contributed by atoms with Crippen LogP contribution in [-0.2, 0) is 9.53 Å². The summed E-state index contributed by atoms with van der Waals surface area (Å²) < 4.78 is 20.6. The second kappa shape index (κ2) is 5.64. The van der Waals surface area contributed by atoms with Gasteiger partial charge >= 0.3 is 5.97 Å². The van der Waals surface area contributed by atoms with Crippen LogP contribution in [0.5, 0.6) is 17.2 Å². The number of benzene rings is 1. The standard InChI is InChI=1S/C14H15NO5/c1-8-15-10(14(16)20-8)5-9-6-12(18-3)13(19-4)7-11(9)17-2/h5-7H,1-4H3/b10-5-. The molecule has 0 spiro atoms. The quantitative estimate of drug-likeness (QED) is 0.622. The number of hydrogen-bond acceptors (Lipinski definition) is 6. The Morgan fingerprint density at radius 3 is 2.15 bits per heavy atom. The topological polar surface area (TPSA) is 66.3 Å². The Kier molecular flexibility index (Phi) is 3.93. The summed E-state index contributed by atoms with van der Waals surface area (Å²) in [6.07, 6.45) is 1.58. The molecule has 0 atom stereocenters. The number of carbonyl (C=O) groups excluding carboxylic acids is 1. The zero-order valence-corrected chi connectivity index (χ0v) is 11.7. The van der Waals surface area contributed by atoms with Crippen LogP contribution < -0.4 is 14.2 Å². The van der Waals surface area contributed by atoms with Gasteiger partial charge in [0.2, 0.25) is 0 Å². The van der Waals surface area contributed by atoms with E-state index < -0.39 is 5.97 Å². The Labute approximate surface area is 116 Å². The van der Waals surface area contributed by atoms with Gasteiger partial charge in [-0.05, 0) is 12.1 Å². The second-order valence-corrected chi connectivity index (χ2v) is 4.00. The van der Waals surface area contributed by atoms with Gasteiger partial charge in [-0.15, -0.1) is 0 Å². The van der Waals surface area contributed by atoms with Crippen molar-refractivity contribution < 1.29 is 23.7 Å². The molecular formula is C14H15NO5. The van der Waals surface area contributed by atoms with Crippen molar-refractivity contribution in [2.75, 3.05) is 21.3 Å². The first-order valence-electron chi connectivity index (χ1n) is 5.88. The third kappa shape index (κ3) is 2.59. The molecule has 0 unspecified atom stereocenters. The Bertz CT molecular complexity index is 604. The largest absolute Gasteiger partial charge is 0.496 e. The average molecular weight is 277 g/mol. The van der Waals surface area contributed by atoms with Crippen molar-refractivity contribution in [2.45, 2.75) is 6.92 Å². The van der Waals surface area contributed by atoms with Crippen LogP contribution in [0.4, 0.5) is 0 Å². The van der Waals surface area contributed by atoms with E-state index in [4.69, 9.17) is 18.9 Å². The highest BCUT2D eigenvalue weighted by atomic mass is 16.6. The molecule has 0 amide bonds. The monoisotopic (exact) mass is 277 g/mol.